The Balaban J connectivity index is 1.73. The molecule has 1 N–H and O–H groups in total. The molecule has 1 atom stereocenters. The Labute approximate surface area is 120 Å². The number of anilines is 1. The van der Waals surface area contributed by atoms with E-state index in [4.69, 9.17) is 4.74 Å². The molecule has 1 aromatic rings. The molecule has 0 radical (unpaired) electrons. The number of hydrogen-bond donors (Lipinski definition) is 1. The molecule has 4 nitrogen and oxygen atoms in total. The molecule has 2 heterocycles. The highest BCUT2D eigenvalue weighted by Gasteiger charge is 2.39. The summed E-state index contributed by atoms with van der Waals surface area (Å²) in [7, 11) is -2.87. The number of para-hydroxylation sites is 1. The SMILES string of the molecule is CC1(COc2cccc3c2NCCC3)CCS(=O)(=O)C1. The van der Waals surface area contributed by atoms with Crippen molar-refractivity contribution in [3.8, 4) is 5.75 Å². The van der Waals surface area contributed by atoms with Gasteiger partial charge in [0.15, 0.2) is 9.84 Å². The van der Waals surface area contributed by atoms with Crippen LogP contribution in [0, 0.1) is 5.41 Å². The Morgan fingerprint density at radius 3 is 3.00 bits per heavy atom. The van der Waals surface area contributed by atoms with E-state index in [0.29, 0.717) is 13.0 Å². The summed E-state index contributed by atoms with van der Waals surface area (Å²) in [6.45, 7) is 3.43. The monoisotopic (exact) mass is 295 g/mol. The second kappa shape index (κ2) is 4.95. The second-order valence-electron chi connectivity index (χ2n) is 6.26. The summed E-state index contributed by atoms with van der Waals surface area (Å²) in [4.78, 5) is 0. The minimum Gasteiger partial charge on any atom is -0.491 e. The molecule has 1 fully saturated rings. The lowest BCUT2D eigenvalue weighted by atomic mass is 9.91. The zero-order valence-electron chi connectivity index (χ0n) is 11.8. The molecule has 0 aliphatic carbocycles. The maximum Gasteiger partial charge on any atom is 0.151 e. The molecule has 1 saturated heterocycles. The van der Waals surface area contributed by atoms with E-state index in [2.05, 4.69) is 11.4 Å². The zero-order valence-corrected chi connectivity index (χ0v) is 12.6. The van der Waals surface area contributed by atoms with Crippen LogP contribution in [0.2, 0.25) is 0 Å². The van der Waals surface area contributed by atoms with Crippen molar-refractivity contribution in [2.75, 3.05) is 30.0 Å². The standard InChI is InChI=1S/C15H21NO3S/c1-15(7-9-20(17,18)11-15)10-19-13-6-2-4-12-5-3-8-16-14(12)13/h2,4,6,16H,3,5,7-11H2,1H3. The number of sulfone groups is 1. The van der Waals surface area contributed by atoms with Gasteiger partial charge in [0, 0.05) is 12.0 Å². The van der Waals surface area contributed by atoms with Gasteiger partial charge in [-0.15, -0.1) is 0 Å². The van der Waals surface area contributed by atoms with E-state index in [9.17, 15) is 8.42 Å². The van der Waals surface area contributed by atoms with Crippen molar-refractivity contribution in [1.29, 1.82) is 0 Å². The molecule has 1 unspecified atom stereocenters. The maximum atomic E-state index is 11.6. The number of fused-ring (bicyclic) bond motifs is 1. The van der Waals surface area contributed by atoms with Crippen molar-refractivity contribution in [3.05, 3.63) is 23.8 Å². The fourth-order valence-corrected chi connectivity index (χ4v) is 5.28. The van der Waals surface area contributed by atoms with E-state index in [0.717, 1.165) is 30.8 Å². The second-order valence-corrected chi connectivity index (χ2v) is 8.45. The predicted molar refractivity (Wildman–Crippen MR) is 80.1 cm³/mol. The molecule has 2 aliphatic heterocycles. The average molecular weight is 295 g/mol. The van der Waals surface area contributed by atoms with Crippen molar-refractivity contribution >= 4 is 15.5 Å². The van der Waals surface area contributed by atoms with Gasteiger partial charge in [0.05, 0.1) is 23.8 Å². The van der Waals surface area contributed by atoms with Crippen LogP contribution in [0.15, 0.2) is 18.2 Å². The summed E-state index contributed by atoms with van der Waals surface area (Å²) in [6, 6.07) is 6.09. The van der Waals surface area contributed by atoms with Gasteiger partial charge in [0.25, 0.3) is 0 Å². The molecule has 0 bridgehead atoms. The summed E-state index contributed by atoms with van der Waals surface area (Å²) >= 11 is 0. The topological polar surface area (TPSA) is 55.4 Å². The first-order valence-corrected chi connectivity index (χ1v) is 8.99. The van der Waals surface area contributed by atoms with E-state index >= 15 is 0 Å². The van der Waals surface area contributed by atoms with Gasteiger partial charge in [-0.1, -0.05) is 19.1 Å². The molecule has 5 heteroatoms. The third-order valence-corrected chi connectivity index (χ3v) is 6.16. The summed E-state index contributed by atoms with van der Waals surface area (Å²) in [5.41, 5.74) is 2.12. The number of aryl methyl sites for hydroxylation is 1. The molecule has 1 aromatic carbocycles. The van der Waals surface area contributed by atoms with E-state index < -0.39 is 9.84 Å². The summed E-state index contributed by atoms with van der Waals surface area (Å²) in [5.74, 6) is 1.38. The van der Waals surface area contributed by atoms with Gasteiger partial charge in [-0.3, -0.25) is 0 Å². The summed E-state index contributed by atoms with van der Waals surface area (Å²) < 4.78 is 29.2. The van der Waals surface area contributed by atoms with Gasteiger partial charge < -0.3 is 10.1 Å². The van der Waals surface area contributed by atoms with Gasteiger partial charge >= 0.3 is 0 Å². The Hall–Kier alpha value is -1.23. The number of ether oxygens (including phenoxy) is 1. The van der Waals surface area contributed by atoms with Gasteiger partial charge in [-0.2, -0.15) is 0 Å². The third-order valence-electron chi connectivity index (χ3n) is 4.20. The van der Waals surface area contributed by atoms with E-state index in [1.807, 2.05) is 19.1 Å². The fourth-order valence-electron chi connectivity index (χ4n) is 3.04. The number of hydrogen-bond acceptors (Lipinski definition) is 4. The normalized spacial score (nSPS) is 27.6. The van der Waals surface area contributed by atoms with Gasteiger partial charge in [0.2, 0.25) is 0 Å². The molecule has 110 valence electrons. The first-order valence-electron chi connectivity index (χ1n) is 7.17. The highest BCUT2D eigenvalue weighted by molar-refractivity contribution is 7.91. The summed E-state index contributed by atoms with van der Waals surface area (Å²) in [5, 5.41) is 3.39. The maximum absolute atomic E-state index is 11.6. The largest absolute Gasteiger partial charge is 0.491 e. The van der Waals surface area contributed by atoms with E-state index in [1.54, 1.807) is 0 Å². The minimum atomic E-state index is -2.87. The molecular formula is C15H21NO3S. The van der Waals surface area contributed by atoms with Crippen LogP contribution in [0.3, 0.4) is 0 Å². The van der Waals surface area contributed by atoms with E-state index in [-0.39, 0.29) is 16.9 Å². The smallest absolute Gasteiger partial charge is 0.151 e. The van der Waals surface area contributed by atoms with Gasteiger partial charge in [-0.05, 0) is 30.9 Å². The Bertz CT molecular complexity index is 612. The van der Waals surface area contributed by atoms with Crippen LogP contribution in [0.25, 0.3) is 0 Å². The number of nitrogens with one attached hydrogen (secondary N) is 1. The highest BCUT2D eigenvalue weighted by Crippen LogP contribution is 2.36. The van der Waals surface area contributed by atoms with Crippen LogP contribution in [-0.2, 0) is 16.3 Å². The van der Waals surface area contributed by atoms with Crippen molar-refractivity contribution in [1.82, 2.24) is 0 Å². The fraction of sp³-hybridized carbons (Fsp3) is 0.600. The first kappa shape index (κ1) is 13.7. The minimum absolute atomic E-state index is 0.239. The third kappa shape index (κ3) is 2.77. The van der Waals surface area contributed by atoms with E-state index in [1.165, 1.54) is 5.56 Å². The first-order chi connectivity index (χ1) is 9.48. The molecule has 0 spiro atoms. The van der Waals surface area contributed by atoms with Crippen LogP contribution < -0.4 is 10.1 Å². The predicted octanol–water partition coefficient (Wildman–Crippen LogP) is 2.25. The van der Waals surface area contributed by atoms with Gasteiger partial charge in [-0.25, -0.2) is 8.42 Å². The number of benzene rings is 1. The highest BCUT2D eigenvalue weighted by atomic mass is 32.2. The zero-order chi connectivity index (χ0) is 14.2. The molecule has 0 saturated carbocycles. The van der Waals surface area contributed by atoms with Crippen LogP contribution in [0.4, 0.5) is 5.69 Å². The molecule has 0 aromatic heterocycles. The lowest BCUT2D eigenvalue weighted by Gasteiger charge is -2.25. The Morgan fingerprint density at radius 1 is 1.40 bits per heavy atom. The molecular weight excluding hydrogens is 274 g/mol. The van der Waals surface area contributed by atoms with Crippen LogP contribution in [0.5, 0.6) is 5.75 Å². The van der Waals surface area contributed by atoms with Crippen LogP contribution in [-0.4, -0.2) is 33.1 Å². The lowest BCUT2D eigenvalue weighted by molar-refractivity contribution is 0.186. The van der Waals surface area contributed by atoms with Crippen LogP contribution >= 0.6 is 0 Å². The quantitative estimate of drug-likeness (QED) is 0.929. The van der Waals surface area contributed by atoms with Gasteiger partial charge in [0.1, 0.15) is 5.75 Å². The average Bonchev–Trinajstić information content (AvgIpc) is 2.71. The molecule has 3 rings (SSSR count). The van der Waals surface area contributed by atoms with Crippen molar-refractivity contribution < 1.29 is 13.2 Å². The Morgan fingerprint density at radius 2 is 2.25 bits per heavy atom. The lowest BCUT2D eigenvalue weighted by Crippen LogP contribution is -2.27. The van der Waals surface area contributed by atoms with Crippen molar-refractivity contribution in [2.24, 2.45) is 5.41 Å². The van der Waals surface area contributed by atoms with Crippen molar-refractivity contribution in [2.45, 2.75) is 26.2 Å². The molecule has 0 amide bonds. The number of rotatable bonds is 3. The van der Waals surface area contributed by atoms with Crippen LogP contribution in [0.1, 0.15) is 25.3 Å². The Kier molecular flexibility index (Phi) is 3.40. The molecule has 20 heavy (non-hydrogen) atoms. The molecule has 2 aliphatic rings. The summed E-state index contributed by atoms with van der Waals surface area (Å²) in [6.07, 6.45) is 2.91. The van der Waals surface area contributed by atoms with Crippen molar-refractivity contribution in [3.63, 3.8) is 0 Å².